The number of nitro groups is 1. The Balaban J connectivity index is 1.68. The highest BCUT2D eigenvalue weighted by Gasteiger charge is 2.25. The first-order valence-electron chi connectivity index (χ1n) is 9.19. The Morgan fingerprint density at radius 3 is 1.93 bits per heavy atom. The lowest BCUT2D eigenvalue weighted by Gasteiger charge is -2.36. The fourth-order valence-electron chi connectivity index (χ4n) is 3.62. The quantitative estimate of drug-likeness (QED) is 0.461. The van der Waals surface area contributed by atoms with E-state index in [0.29, 0.717) is 48.4 Å². The van der Waals surface area contributed by atoms with Crippen LogP contribution in [-0.2, 0) is 0 Å². The Morgan fingerprint density at radius 1 is 0.929 bits per heavy atom. The lowest BCUT2D eigenvalue weighted by Crippen LogP contribution is -2.48. The summed E-state index contributed by atoms with van der Waals surface area (Å²) in [7, 11) is 0. The van der Waals surface area contributed by atoms with E-state index in [9.17, 15) is 19.7 Å². The maximum Gasteiger partial charge on any atom is 0.275 e. The standard InChI is InChI=1S/C21H23N3O4/c1-14-12-18(13-15(2)20(14)24(27)28)21(26)23-10-8-22(9-11-23)19-6-4-17(5-7-19)16(3)25/h4-7,12-13H,8-11H2,1-3H3. The zero-order chi connectivity index (χ0) is 20.4. The first-order valence-corrected chi connectivity index (χ1v) is 9.19. The minimum absolute atomic E-state index is 0.0376. The van der Waals surface area contributed by atoms with Gasteiger partial charge in [-0.2, -0.15) is 0 Å². The van der Waals surface area contributed by atoms with Gasteiger partial charge in [0.05, 0.1) is 4.92 Å². The average Bonchev–Trinajstić information content (AvgIpc) is 2.66. The van der Waals surface area contributed by atoms with E-state index in [1.807, 2.05) is 24.3 Å². The maximum absolute atomic E-state index is 12.8. The second-order valence-electron chi connectivity index (χ2n) is 7.10. The van der Waals surface area contributed by atoms with Gasteiger partial charge in [0.2, 0.25) is 0 Å². The average molecular weight is 381 g/mol. The molecule has 7 nitrogen and oxygen atoms in total. The molecular formula is C21H23N3O4. The first-order chi connectivity index (χ1) is 13.3. The molecule has 0 aromatic heterocycles. The number of nitro benzene ring substituents is 1. The van der Waals surface area contributed by atoms with Crippen molar-refractivity contribution in [2.45, 2.75) is 20.8 Å². The molecule has 1 saturated heterocycles. The van der Waals surface area contributed by atoms with E-state index in [-0.39, 0.29) is 17.4 Å². The first kappa shape index (κ1) is 19.5. The SMILES string of the molecule is CC(=O)c1ccc(N2CCN(C(=O)c3cc(C)c([N+](=O)[O-])c(C)c3)CC2)cc1. The molecule has 0 radical (unpaired) electrons. The normalized spacial score (nSPS) is 14.1. The van der Waals surface area contributed by atoms with Crippen LogP contribution in [0.1, 0.15) is 38.8 Å². The summed E-state index contributed by atoms with van der Waals surface area (Å²) < 4.78 is 0. The van der Waals surface area contributed by atoms with Crippen molar-refractivity contribution in [3.63, 3.8) is 0 Å². The molecular weight excluding hydrogens is 358 g/mol. The number of hydrogen-bond acceptors (Lipinski definition) is 5. The molecule has 1 fully saturated rings. The molecule has 7 heteroatoms. The lowest BCUT2D eigenvalue weighted by atomic mass is 10.0. The molecule has 0 saturated carbocycles. The van der Waals surface area contributed by atoms with Crippen LogP contribution in [0.25, 0.3) is 0 Å². The maximum atomic E-state index is 12.8. The van der Waals surface area contributed by atoms with Crippen LogP contribution in [0.2, 0.25) is 0 Å². The third kappa shape index (κ3) is 3.88. The summed E-state index contributed by atoms with van der Waals surface area (Å²) in [5, 5.41) is 11.1. The van der Waals surface area contributed by atoms with Gasteiger partial charge in [0, 0.05) is 54.1 Å². The van der Waals surface area contributed by atoms with Crippen LogP contribution in [0.15, 0.2) is 36.4 Å². The molecule has 0 atom stereocenters. The molecule has 0 unspecified atom stereocenters. The summed E-state index contributed by atoms with van der Waals surface area (Å²) in [5.74, 6) is -0.0664. The number of carbonyl (C=O) groups excluding carboxylic acids is 2. The largest absolute Gasteiger partial charge is 0.368 e. The number of ketones is 1. The van der Waals surface area contributed by atoms with Crippen LogP contribution >= 0.6 is 0 Å². The van der Waals surface area contributed by atoms with Gasteiger partial charge in [-0.1, -0.05) is 0 Å². The van der Waals surface area contributed by atoms with Crippen molar-refractivity contribution < 1.29 is 14.5 Å². The molecule has 2 aromatic carbocycles. The molecule has 1 heterocycles. The van der Waals surface area contributed by atoms with Crippen LogP contribution in [0.5, 0.6) is 0 Å². The fourth-order valence-corrected chi connectivity index (χ4v) is 3.62. The summed E-state index contributed by atoms with van der Waals surface area (Å²) in [5.41, 5.74) is 3.26. The highest BCUT2D eigenvalue weighted by Crippen LogP contribution is 2.25. The number of piperazine rings is 1. The second kappa shape index (κ2) is 7.80. The van der Waals surface area contributed by atoms with Crippen molar-refractivity contribution in [2.24, 2.45) is 0 Å². The van der Waals surface area contributed by atoms with E-state index in [0.717, 1.165) is 5.69 Å². The summed E-state index contributed by atoms with van der Waals surface area (Å²) >= 11 is 0. The fraction of sp³-hybridized carbons (Fsp3) is 0.333. The molecule has 3 rings (SSSR count). The molecule has 0 N–H and O–H groups in total. The zero-order valence-corrected chi connectivity index (χ0v) is 16.3. The summed E-state index contributed by atoms with van der Waals surface area (Å²) in [6.07, 6.45) is 0. The Hall–Kier alpha value is -3.22. The molecule has 1 aliphatic rings. The van der Waals surface area contributed by atoms with E-state index in [4.69, 9.17) is 0 Å². The summed E-state index contributed by atoms with van der Waals surface area (Å²) in [6.45, 7) is 7.38. The van der Waals surface area contributed by atoms with Crippen molar-refractivity contribution in [2.75, 3.05) is 31.1 Å². The van der Waals surface area contributed by atoms with E-state index in [2.05, 4.69) is 4.90 Å². The summed E-state index contributed by atoms with van der Waals surface area (Å²) in [6, 6.07) is 10.7. The van der Waals surface area contributed by atoms with Gasteiger partial charge < -0.3 is 9.80 Å². The highest BCUT2D eigenvalue weighted by atomic mass is 16.6. The summed E-state index contributed by atoms with van der Waals surface area (Å²) in [4.78, 5) is 38.9. The Bertz CT molecular complexity index is 906. The van der Waals surface area contributed by atoms with E-state index in [1.54, 1.807) is 37.8 Å². The van der Waals surface area contributed by atoms with Crippen molar-refractivity contribution in [1.29, 1.82) is 0 Å². The third-order valence-electron chi connectivity index (χ3n) is 5.13. The van der Waals surface area contributed by atoms with Gasteiger partial charge in [-0.3, -0.25) is 19.7 Å². The number of hydrogen-bond donors (Lipinski definition) is 0. The van der Waals surface area contributed by atoms with Gasteiger partial charge in [-0.25, -0.2) is 0 Å². The van der Waals surface area contributed by atoms with Gasteiger partial charge in [-0.15, -0.1) is 0 Å². The molecule has 146 valence electrons. The van der Waals surface area contributed by atoms with Gasteiger partial charge in [0.1, 0.15) is 0 Å². The van der Waals surface area contributed by atoms with Crippen molar-refractivity contribution >= 4 is 23.1 Å². The highest BCUT2D eigenvalue weighted by molar-refractivity contribution is 5.95. The van der Waals surface area contributed by atoms with Crippen LogP contribution in [0.4, 0.5) is 11.4 Å². The van der Waals surface area contributed by atoms with Crippen LogP contribution < -0.4 is 4.90 Å². The minimum atomic E-state index is -0.408. The van der Waals surface area contributed by atoms with Crippen LogP contribution in [0.3, 0.4) is 0 Å². The Morgan fingerprint density at radius 2 is 1.46 bits per heavy atom. The number of rotatable bonds is 4. The molecule has 28 heavy (non-hydrogen) atoms. The Labute approximate surface area is 163 Å². The second-order valence-corrected chi connectivity index (χ2v) is 7.10. The van der Waals surface area contributed by atoms with E-state index >= 15 is 0 Å². The molecule has 0 bridgehead atoms. The number of amides is 1. The van der Waals surface area contributed by atoms with Crippen LogP contribution in [0, 0.1) is 24.0 Å². The number of carbonyl (C=O) groups is 2. The third-order valence-corrected chi connectivity index (χ3v) is 5.13. The van der Waals surface area contributed by atoms with Crippen molar-refractivity contribution in [3.05, 3.63) is 68.8 Å². The monoisotopic (exact) mass is 381 g/mol. The molecule has 1 aliphatic heterocycles. The molecule has 2 aromatic rings. The van der Waals surface area contributed by atoms with E-state index < -0.39 is 4.92 Å². The van der Waals surface area contributed by atoms with Gasteiger partial charge in [0.15, 0.2) is 5.78 Å². The molecule has 0 aliphatic carbocycles. The Kier molecular flexibility index (Phi) is 5.44. The number of nitrogens with zero attached hydrogens (tertiary/aromatic N) is 3. The minimum Gasteiger partial charge on any atom is -0.368 e. The smallest absolute Gasteiger partial charge is 0.275 e. The van der Waals surface area contributed by atoms with E-state index in [1.165, 1.54) is 0 Å². The predicted molar refractivity (Wildman–Crippen MR) is 107 cm³/mol. The van der Waals surface area contributed by atoms with Crippen molar-refractivity contribution in [1.82, 2.24) is 4.90 Å². The van der Waals surface area contributed by atoms with Gasteiger partial charge >= 0.3 is 0 Å². The van der Waals surface area contributed by atoms with Crippen LogP contribution in [-0.4, -0.2) is 47.7 Å². The van der Waals surface area contributed by atoms with Crippen molar-refractivity contribution in [3.8, 4) is 0 Å². The lowest BCUT2D eigenvalue weighted by molar-refractivity contribution is -0.386. The van der Waals surface area contributed by atoms with Gasteiger partial charge in [-0.05, 0) is 57.2 Å². The topological polar surface area (TPSA) is 83.8 Å². The number of Topliss-reactive ketones (excluding diaryl/α,β-unsaturated/α-hetero) is 1. The van der Waals surface area contributed by atoms with Gasteiger partial charge in [0.25, 0.3) is 11.6 Å². The number of aryl methyl sites for hydroxylation is 2. The molecule has 1 amide bonds. The predicted octanol–water partition coefficient (Wildman–Crippen LogP) is 3.38. The molecule has 0 spiro atoms. The zero-order valence-electron chi connectivity index (χ0n) is 16.3. The number of benzene rings is 2. The number of anilines is 1.